The van der Waals surface area contributed by atoms with Crippen LogP contribution in [0.5, 0.6) is 5.75 Å². The average Bonchev–Trinajstić information content (AvgIpc) is 4.49. The first-order valence-corrected chi connectivity index (χ1v) is 27.7. The van der Waals surface area contributed by atoms with Crippen molar-refractivity contribution in [3.05, 3.63) is 84.1 Å². The van der Waals surface area contributed by atoms with Crippen LogP contribution in [0, 0.1) is 5.92 Å². The number of guanidine groups is 1. The van der Waals surface area contributed by atoms with Gasteiger partial charge < -0.3 is 84.4 Å². The lowest BCUT2D eigenvalue weighted by molar-refractivity contribution is -0.142. The summed E-state index contributed by atoms with van der Waals surface area (Å²) < 4.78 is 0. The molecule has 28 heteroatoms. The Bertz CT molecular complexity index is 2950. The lowest BCUT2D eigenvalue weighted by Gasteiger charge is -2.30. The molecule has 4 heterocycles. The number of imidazole rings is 1. The standard InChI is InChI=1S/C55H76N16O12/c1-4-59-53(82)44-12-8-20-71(44)54(83)38(11-7-19-60-55(56)57)66-49(78)39(21-30(2)3)65-46(75)27-62-47(76)40(22-31-13-15-34(73)16-14-31)67-52(81)43(28-72)70-50(79)41(23-32-25-61-36-10-6-5-9-35(32)36)68-51(80)42(24-33-26-58-29-63-33)69-48(77)37-17-18-45(74)64-37/h5-6,9-10,13-16,25-26,29-30,37-44,61,72-73H,4,7-8,11-12,17-24,27-28H2,1-3H3,(H,58,63)(H,59,82)(H,62,76)(H,64,74)(H,65,75)(H,66,78)(H,67,81)(H,68,80)(H,69,77)(H,70,79)(H4,56,57,60)/t37-,38-,39-,40+,41-,42-,43?,44+/m0/s1. The number of aromatic nitrogens is 3. The molecule has 10 amide bonds. The number of aromatic hydroxyl groups is 1. The van der Waals surface area contributed by atoms with Crippen molar-refractivity contribution in [2.24, 2.45) is 22.4 Å². The van der Waals surface area contributed by atoms with Gasteiger partial charge in [-0.1, -0.05) is 44.2 Å². The Morgan fingerprint density at radius 2 is 1.42 bits per heavy atom. The van der Waals surface area contributed by atoms with Crippen LogP contribution in [0.15, 0.2) is 72.2 Å². The van der Waals surface area contributed by atoms with Gasteiger partial charge in [0.15, 0.2) is 5.96 Å². The molecule has 2 aromatic heterocycles. The van der Waals surface area contributed by atoms with Crippen molar-refractivity contribution < 1.29 is 58.2 Å². The molecule has 0 aliphatic carbocycles. The second-order valence-corrected chi connectivity index (χ2v) is 20.9. The number of H-pyrrole nitrogens is 2. The summed E-state index contributed by atoms with van der Waals surface area (Å²) in [6.07, 6.45) is 5.78. The van der Waals surface area contributed by atoms with Crippen LogP contribution in [0.1, 0.15) is 82.5 Å². The van der Waals surface area contributed by atoms with Crippen LogP contribution >= 0.6 is 0 Å². The summed E-state index contributed by atoms with van der Waals surface area (Å²) in [5, 5.41) is 45.0. The SMILES string of the molecule is CCNC(=O)[C@H]1CCCN1C(=O)[C@H](CCCN=C(N)N)NC(=O)[C@H](CC(C)C)NC(=O)CNC(=O)[C@@H](Cc1ccc(O)cc1)NC(=O)C(CO)NC(=O)[C@H](Cc1c[nH]c2ccccc12)NC(=O)[C@H](Cc1cnc[nH]1)NC(=O)[C@@H]1CCC(=O)N1. The van der Waals surface area contributed by atoms with Gasteiger partial charge in [0.2, 0.25) is 59.1 Å². The predicted octanol–water partition coefficient (Wildman–Crippen LogP) is -2.85. The van der Waals surface area contributed by atoms with E-state index in [4.69, 9.17) is 11.5 Å². The van der Waals surface area contributed by atoms with Crippen molar-refractivity contribution in [2.75, 3.05) is 32.8 Å². The molecule has 83 heavy (non-hydrogen) atoms. The Labute approximate surface area is 478 Å². The van der Waals surface area contributed by atoms with Gasteiger partial charge in [0.25, 0.3) is 0 Å². The third-order valence-corrected chi connectivity index (χ3v) is 14.0. The molecule has 2 aliphatic rings. The van der Waals surface area contributed by atoms with Crippen LogP contribution in [0.25, 0.3) is 10.9 Å². The molecule has 0 saturated carbocycles. The van der Waals surface area contributed by atoms with Crippen LogP contribution in [0.4, 0.5) is 0 Å². The Hall–Kier alpha value is -9.08. The molecule has 8 atom stereocenters. The second-order valence-electron chi connectivity index (χ2n) is 20.9. The van der Waals surface area contributed by atoms with Crippen molar-refractivity contribution in [3.63, 3.8) is 0 Å². The number of phenolic OH excluding ortho intramolecular Hbond substituents is 1. The number of nitrogens with zero attached hydrogens (tertiary/aromatic N) is 3. The summed E-state index contributed by atoms with van der Waals surface area (Å²) in [6.45, 7) is 4.47. The maximum atomic E-state index is 14.4. The van der Waals surface area contributed by atoms with E-state index in [0.717, 1.165) is 5.52 Å². The molecule has 4 aromatic rings. The zero-order chi connectivity index (χ0) is 60.2. The molecular formula is C55H76N16O12. The van der Waals surface area contributed by atoms with E-state index in [1.165, 1.54) is 41.7 Å². The molecule has 2 aliphatic heterocycles. The van der Waals surface area contributed by atoms with Crippen molar-refractivity contribution in [1.29, 1.82) is 0 Å². The number of hydrogen-bond donors (Lipinski definition) is 15. The number of nitrogens with one attached hydrogen (secondary N) is 11. The first-order chi connectivity index (χ1) is 39.7. The van der Waals surface area contributed by atoms with E-state index < -0.39 is 109 Å². The average molecular weight is 1150 g/mol. The van der Waals surface area contributed by atoms with Gasteiger partial charge in [0.1, 0.15) is 54.1 Å². The predicted molar refractivity (Wildman–Crippen MR) is 302 cm³/mol. The number of aliphatic imine (C=N–C) groups is 1. The van der Waals surface area contributed by atoms with E-state index in [1.54, 1.807) is 31.3 Å². The molecule has 2 saturated heterocycles. The fourth-order valence-corrected chi connectivity index (χ4v) is 9.79. The maximum Gasteiger partial charge on any atom is 0.245 e. The van der Waals surface area contributed by atoms with Crippen molar-refractivity contribution >= 4 is 75.9 Å². The van der Waals surface area contributed by atoms with Gasteiger partial charge in [-0.3, -0.25) is 52.9 Å². The highest BCUT2D eigenvalue weighted by molar-refractivity contribution is 5.99. The summed E-state index contributed by atoms with van der Waals surface area (Å²) in [5.74, 6) is -7.41. The molecule has 1 unspecified atom stereocenters. The van der Waals surface area contributed by atoms with Gasteiger partial charge in [0.05, 0.1) is 19.5 Å². The molecular weight excluding hydrogens is 1080 g/mol. The zero-order valence-electron chi connectivity index (χ0n) is 46.6. The Kier molecular flexibility index (Phi) is 23.3. The van der Waals surface area contributed by atoms with E-state index in [1.807, 2.05) is 19.9 Å². The quantitative estimate of drug-likeness (QED) is 0.0142. The fourth-order valence-electron chi connectivity index (χ4n) is 9.79. The lowest BCUT2D eigenvalue weighted by atomic mass is 10.0. The third-order valence-electron chi connectivity index (χ3n) is 14.0. The van der Waals surface area contributed by atoms with Crippen LogP contribution in [-0.2, 0) is 67.2 Å². The van der Waals surface area contributed by atoms with Gasteiger partial charge in [-0.05, 0) is 80.7 Å². The summed E-state index contributed by atoms with van der Waals surface area (Å²) in [7, 11) is 0. The Balaban J connectivity index is 1.16. The fraction of sp³-hybridized carbons (Fsp3) is 0.491. The molecule has 448 valence electrons. The number of rotatable bonds is 30. The number of fused-ring (bicyclic) bond motifs is 1. The Morgan fingerprint density at radius 1 is 0.759 bits per heavy atom. The van der Waals surface area contributed by atoms with Gasteiger partial charge in [-0.15, -0.1) is 0 Å². The number of nitrogens with two attached hydrogens (primary N) is 2. The number of aromatic amines is 2. The zero-order valence-corrected chi connectivity index (χ0v) is 46.6. The van der Waals surface area contributed by atoms with Gasteiger partial charge in [-0.2, -0.15) is 0 Å². The monoisotopic (exact) mass is 1150 g/mol. The normalized spacial score (nSPS) is 16.9. The molecule has 2 aromatic carbocycles. The van der Waals surface area contributed by atoms with Crippen molar-refractivity contribution in [1.82, 2.24) is 67.7 Å². The highest BCUT2D eigenvalue weighted by Crippen LogP contribution is 2.22. The number of aliphatic hydroxyl groups is 1. The minimum Gasteiger partial charge on any atom is -0.508 e. The van der Waals surface area contributed by atoms with E-state index in [-0.39, 0.29) is 93.9 Å². The van der Waals surface area contributed by atoms with Gasteiger partial charge >= 0.3 is 0 Å². The first-order valence-electron chi connectivity index (χ1n) is 27.7. The smallest absolute Gasteiger partial charge is 0.245 e. The molecule has 0 spiro atoms. The molecule has 0 radical (unpaired) electrons. The van der Waals surface area contributed by atoms with Crippen LogP contribution in [0.3, 0.4) is 0 Å². The number of likely N-dealkylation sites (tertiary alicyclic amines) is 1. The number of likely N-dealkylation sites (N-methyl/N-ethyl adjacent to an activating group) is 1. The minimum atomic E-state index is -1.74. The van der Waals surface area contributed by atoms with Crippen molar-refractivity contribution in [2.45, 2.75) is 133 Å². The highest BCUT2D eigenvalue weighted by Gasteiger charge is 2.39. The lowest BCUT2D eigenvalue weighted by Crippen LogP contribution is -2.60. The highest BCUT2D eigenvalue weighted by atomic mass is 16.3. The number of hydrogen-bond acceptors (Lipinski definition) is 14. The molecule has 2 fully saturated rings. The number of amides is 10. The summed E-state index contributed by atoms with van der Waals surface area (Å²) >= 11 is 0. The summed E-state index contributed by atoms with van der Waals surface area (Å²) in [5.41, 5.74) is 13.2. The van der Waals surface area contributed by atoms with Crippen LogP contribution < -0.4 is 59.3 Å². The number of carbonyl (C=O) groups excluding carboxylic acids is 10. The van der Waals surface area contributed by atoms with Crippen molar-refractivity contribution in [3.8, 4) is 5.75 Å². The molecule has 6 rings (SSSR count). The number of aliphatic hydroxyl groups excluding tert-OH is 1. The molecule has 0 bridgehead atoms. The van der Waals surface area contributed by atoms with E-state index >= 15 is 0 Å². The molecule has 17 N–H and O–H groups in total. The number of phenols is 1. The Morgan fingerprint density at radius 3 is 2.07 bits per heavy atom. The van der Waals surface area contributed by atoms with Gasteiger partial charge in [-0.25, -0.2) is 4.98 Å². The third kappa shape index (κ3) is 18.7. The summed E-state index contributed by atoms with van der Waals surface area (Å²) in [4.78, 5) is 152. The van der Waals surface area contributed by atoms with Crippen LogP contribution in [-0.4, -0.2) is 176 Å². The molecule has 28 nitrogen and oxygen atoms in total. The largest absolute Gasteiger partial charge is 0.508 e. The summed E-state index contributed by atoms with van der Waals surface area (Å²) in [6, 6.07) is 2.91. The van der Waals surface area contributed by atoms with Crippen LogP contribution in [0.2, 0.25) is 0 Å². The minimum absolute atomic E-state index is 0.0913. The topological polar surface area (TPSA) is 432 Å². The van der Waals surface area contributed by atoms with E-state index in [2.05, 4.69) is 67.8 Å². The number of benzene rings is 2. The first kappa shape index (κ1) is 63.1. The van der Waals surface area contributed by atoms with E-state index in [0.29, 0.717) is 41.6 Å². The number of carbonyl (C=O) groups is 10. The van der Waals surface area contributed by atoms with Gasteiger partial charge in [0, 0.05) is 74.3 Å². The second kappa shape index (κ2) is 30.7. The maximum absolute atomic E-state index is 14.4. The number of para-hydroxylation sites is 1. The van der Waals surface area contributed by atoms with E-state index in [9.17, 15) is 58.2 Å².